The lowest BCUT2D eigenvalue weighted by molar-refractivity contribution is 0.977. The molecular weight excluding hydrogens is 182 g/mol. The molecule has 0 amide bonds. The number of hydrogen-bond donors (Lipinski definition) is 1. The van der Waals surface area contributed by atoms with Crippen LogP contribution in [-0.4, -0.2) is 0 Å². The fourth-order valence-corrected chi connectivity index (χ4v) is 1.99. The highest BCUT2D eigenvalue weighted by molar-refractivity contribution is 5.67. The Kier molecular flexibility index (Phi) is 1.53. The van der Waals surface area contributed by atoms with Crippen molar-refractivity contribution in [3.05, 3.63) is 59.6 Å². The lowest BCUT2D eigenvalue weighted by Gasteiger charge is -2.08. The maximum absolute atomic E-state index is 7.93. The SMILES string of the molecule is [2H]c1cccc2c1Nc1c([2H])cccc1CC2. The van der Waals surface area contributed by atoms with Crippen molar-refractivity contribution < 1.29 is 2.74 Å². The molecule has 2 aromatic rings. The van der Waals surface area contributed by atoms with Crippen molar-refractivity contribution >= 4 is 11.4 Å². The van der Waals surface area contributed by atoms with Gasteiger partial charge in [-0.2, -0.15) is 0 Å². The van der Waals surface area contributed by atoms with Crippen LogP contribution in [0.15, 0.2) is 48.5 Å². The van der Waals surface area contributed by atoms with Gasteiger partial charge in [0.15, 0.2) is 0 Å². The molecule has 1 heterocycles. The lowest BCUT2D eigenvalue weighted by Crippen LogP contribution is -1.92. The van der Waals surface area contributed by atoms with Crippen LogP contribution in [0.1, 0.15) is 13.9 Å². The molecule has 0 spiro atoms. The van der Waals surface area contributed by atoms with Gasteiger partial charge in [-0.3, -0.25) is 0 Å². The standard InChI is InChI=1S/C14H13N/c1-3-7-13-11(5-1)9-10-12-6-2-4-8-14(12)15-13/h1-8,15H,9-10H2/i7D,8D. The number of hydrogen-bond acceptors (Lipinski definition) is 1. The van der Waals surface area contributed by atoms with Crippen LogP contribution in [0.25, 0.3) is 0 Å². The maximum atomic E-state index is 7.93. The fourth-order valence-electron chi connectivity index (χ4n) is 1.99. The summed E-state index contributed by atoms with van der Waals surface area (Å²) in [4.78, 5) is 0. The molecule has 0 aromatic heterocycles. The molecule has 0 fully saturated rings. The maximum Gasteiger partial charge on any atom is 0.0645 e. The summed E-state index contributed by atoms with van der Waals surface area (Å²) in [7, 11) is 0. The van der Waals surface area contributed by atoms with Gasteiger partial charge in [-0.25, -0.2) is 0 Å². The van der Waals surface area contributed by atoms with E-state index in [1.807, 2.05) is 12.1 Å². The van der Waals surface area contributed by atoms with E-state index in [0.29, 0.717) is 12.1 Å². The van der Waals surface area contributed by atoms with E-state index in [4.69, 9.17) is 2.74 Å². The normalized spacial score (nSPS) is 15.2. The zero-order valence-electron chi connectivity index (χ0n) is 10.4. The molecule has 0 saturated heterocycles. The van der Waals surface area contributed by atoms with Crippen molar-refractivity contribution in [2.75, 3.05) is 5.32 Å². The van der Waals surface area contributed by atoms with Gasteiger partial charge in [-0.1, -0.05) is 36.4 Å². The van der Waals surface area contributed by atoms with E-state index in [1.165, 1.54) is 0 Å². The molecule has 3 rings (SSSR count). The number of nitrogens with one attached hydrogen (secondary N) is 1. The molecule has 1 N–H and O–H groups in total. The van der Waals surface area contributed by atoms with Gasteiger partial charge in [0.25, 0.3) is 0 Å². The minimum Gasteiger partial charge on any atom is -0.355 e. The van der Waals surface area contributed by atoms with Crippen LogP contribution < -0.4 is 5.32 Å². The third-order valence-corrected chi connectivity index (χ3v) is 2.80. The van der Waals surface area contributed by atoms with Crippen LogP contribution in [0.5, 0.6) is 0 Å². The van der Waals surface area contributed by atoms with E-state index in [-0.39, 0.29) is 0 Å². The van der Waals surface area contributed by atoms with Crippen molar-refractivity contribution in [3.8, 4) is 0 Å². The number of rotatable bonds is 0. The van der Waals surface area contributed by atoms with Crippen LogP contribution in [0.3, 0.4) is 0 Å². The number of fused-ring (bicyclic) bond motifs is 2. The smallest absolute Gasteiger partial charge is 0.0645 e. The first-order chi connectivity index (χ1) is 8.25. The van der Waals surface area contributed by atoms with E-state index < -0.39 is 0 Å². The summed E-state index contributed by atoms with van der Waals surface area (Å²) < 4.78 is 15.9. The molecule has 1 heteroatoms. The Morgan fingerprint density at radius 1 is 0.867 bits per heavy atom. The number of anilines is 2. The molecule has 0 radical (unpaired) electrons. The second-order valence-electron chi connectivity index (χ2n) is 3.77. The highest BCUT2D eigenvalue weighted by Crippen LogP contribution is 2.29. The van der Waals surface area contributed by atoms with Gasteiger partial charge < -0.3 is 5.32 Å². The quantitative estimate of drug-likeness (QED) is 0.681. The van der Waals surface area contributed by atoms with E-state index in [1.54, 1.807) is 12.1 Å². The minimum absolute atomic E-state index is 0.499. The highest BCUT2D eigenvalue weighted by atomic mass is 14.9. The Balaban J connectivity index is 2.17. The molecule has 1 aliphatic rings. The Labute approximate surface area is 92.6 Å². The zero-order chi connectivity index (χ0) is 11.8. The van der Waals surface area contributed by atoms with Crippen molar-refractivity contribution in [2.45, 2.75) is 12.8 Å². The summed E-state index contributed by atoms with van der Waals surface area (Å²) in [5.74, 6) is 0. The van der Waals surface area contributed by atoms with E-state index in [2.05, 4.69) is 17.4 Å². The van der Waals surface area contributed by atoms with Gasteiger partial charge in [0.2, 0.25) is 0 Å². The topological polar surface area (TPSA) is 12.0 Å². The summed E-state index contributed by atoms with van der Waals surface area (Å²) in [6.07, 6.45) is 1.84. The predicted molar refractivity (Wildman–Crippen MR) is 63.6 cm³/mol. The van der Waals surface area contributed by atoms with Crippen molar-refractivity contribution in [2.24, 2.45) is 0 Å². The summed E-state index contributed by atoms with van der Waals surface area (Å²) in [5.41, 5.74) is 4.03. The first-order valence-corrected chi connectivity index (χ1v) is 5.20. The van der Waals surface area contributed by atoms with E-state index in [9.17, 15) is 0 Å². The Morgan fingerprint density at radius 3 is 1.93 bits per heavy atom. The lowest BCUT2D eigenvalue weighted by atomic mass is 10.0. The zero-order valence-corrected chi connectivity index (χ0v) is 8.38. The van der Waals surface area contributed by atoms with Gasteiger partial charge in [0.1, 0.15) is 0 Å². The molecule has 0 unspecified atom stereocenters. The molecule has 0 saturated carbocycles. The van der Waals surface area contributed by atoms with Gasteiger partial charge >= 0.3 is 0 Å². The highest BCUT2D eigenvalue weighted by Gasteiger charge is 2.10. The number of aryl methyl sites for hydroxylation is 2. The second kappa shape index (κ2) is 3.43. The van der Waals surface area contributed by atoms with Gasteiger partial charge in [0.05, 0.1) is 2.74 Å². The first kappa shape index (κ1) is 6.67. The molecule has 0 aliphatic carbocycles. The fraction of sp³-hybridized carbons (Fsp3) is 0.143. The average molecular weight is 197 g/mol. The summed E-state index contributed by atoms with van der Waals surface area (Å²) in [5, 5.41) is 3.26. The Bertz CT molecular complexity index is 527. The minimum atomic E-state index is 0.499. The third-order valence-electron chi connectivity index (χ3n) is 2.80. The van der Waals surface area contributed by atoms with Crippen LogP contribution in [0.2, 0.25) is 0 Å². The molecule has 15 heavy (non-hydrogen) atoms. The molecule has 1 aliphatic heterocycles. The van der Waals surface area contributed by atoms with E-state index in [0.717, 1.165) is 35.3 Å². The largest absolute Gasteiger partial charge is 0.355 e. The molecule has 74 valence electrons. The first-order valence-electron chi connectivity index (χ1n) is 6.20. The molecule has 2 aromatic carbocycles. The van der Waals surface area contributed by atoms with Crippen LogP contribution in [-0.2, 0) is 12.8 Å². The second-order valence-corrected chi connectivity index (χ2v) is 3.77. The van der Waals surface area contributed by atoms with Gasteiger partial charge in [0, 0.05) is 11.4 Å². The average Bonchev–Trinajstić information content (AvgIpc) is 2.51. The number of para-hydroxylation sites is 2. The summed E-state index contributed by atoms with van der Waals surface area (Å²) >= 11 is 0. The monoisotopic (exact) mass is 197 g/mol. The van der Waals surface area contributed by atoms with Crippen molar-refractivity contribution in [1.29, 1.82) is 0 Å². The third kappa shape index (κ3) is 1.50. The van der Waals surface area contributed by atoms with E-state index >= 15 is 0 Å². The number of benzene rings is 2. The van der Waals surface area contributed by atoms with Gasteiger partial charge in [-0.05, 0) is 36.1 Å². The van der Waals surface area contributed by atoms with Crippen molar-refractivity contribution in [1.82, 2.24) is 0 Å². The summed E-state index contributed by atoms with van der Waals surface area (Å²) in [6.45, 7) is 0. The predicted octanol–water partition coefficient (Wildman–Crippen LogP) is 3.53. The van der Waals surface area contributed by atoms with Gasteiger partial charge in [-0.15, -0.1) is 0 Å². The molecular formula is C14H13N. The Morgan fingerprint density at radius 2 is 1.40 bits per heavy atom. The van der Waals surface area contributed by atoms with Crippen LogP contribution >= 0.6 is 0 Å². The molecule has 0 bridgehead atoms. The Hall–Kier alpha value is -1.76. The van der Waals surface area contributed by atoms with Crippen LogP contribution in [0, 0.1) is 0 Å². The van der Waals surface area contributed by atoms with Crippen LogP contribution in [0.4, 0.5) is 11.4 Å². The molecule has 0 atom stereocenters. The molecule has 1 nitrogen and oxygen atoms in total. The van der Waals surface area contributed by atoms with Crippen molar-refractivity contribution in [3.63, 3.8) is 0 Å². The summed E-state index contributed by atoms with van der Waals surface area (Å²) in [6, 6.07) is 12.5.